The van der Waals surface area contributed by atoms with Gasteiger partial charge in [0, 0.05) is 24.3 Å². The van der Waals surface area contributed by atoms with Crippen molar-refractivity contribution < 1.29 is 9.50 Å². The van der Waals surface area contributed by atoms with Gasteiger partial charge < -0.3 is 9.67 Å². The number of thioether (sulfide) groups is 1. The lowest BCUT2D eigenvalue weighted by molar-refractivity contribution is 0.199. The van der Waals surface area contributed by atoms with Crippen molar-refractivity contribution in [2.24, 2.45) is 7.05 Å². The molecule has 6 heteroatoms. The van der Waals surface area contributed by atoms with Gasteiger partial charge in [-0.1, -0.05) is 30.0 Å². The molecule has 1 aliphatic carbocycles. The average molecular weight is 293 g/mol. The molecule has 0 amide bonds. The standard InChI is InChI=1S/C14H16FN3OS/c1-18-13(9-6-7-9)16-17-14(18)20-8-12(19)10-4-2-3-5-11(10)15/h2-5,9,12,19H,6-8H2,1H3. The Morgan fingerprint density at radius 3 is 2.85 bits per heavy atom. The normalized spacial score (nSPS) is 16.4. The van der Waals surface area contributed by atoms with Crippen molar-refractivity contribution in [2.75, 3.05) is 5.75 Å². The summed E-state index contributed by atoms with van der Waals surface area (Å²) in [5.74, 6) is 1.53. The maximum atomic E-state index is 13.6. The van der Waals surface area contributed by atoms with Crippen molar-refractivity contribution >= 4 is 11.8 Å². The summed E-state index contributed by atoms with van der Waals surface area (Å²) in [4.78, 5) is 0. The number of hydrogen-bond acceptors (Lipinski definition) is 4. The van der Waals surface area contributed by atoms with Crippen LogP contribution in [-0.2, 0) is 7.05 Å². The van der Waals surface area contributed by atoms with Gasteiger partial charge in [-0.25, -0.2) is 4.39 Å². The Labute approximate surface area is 121 Å². The Morgan fingerprint density at radius 1 is 1.40 bits per heavy atom. The first kappa shape index (κ1) is 13.6. The Hall–Kier alpha value is -1.40. The lowest BCUT2D eigenvalue weighted by Crippen LogP contribution is -2.04. The van der Waals surface area contributed by atoms with Gasteiger partial charge in [0.25, 0.3) is 0 Å². The van der Waals surface area contributed by atoms with Crippen LogP contribution < -0.4 is 0 Å². The van der Waals surface area contributed by atoms with E-state index in [1.54, 1.807) is 18.2 Å². The summed E-state index contributed by atoms with van der Waals surface area (Å²) in [6, 6.07) is 6.30. The van der Waals surface area contributed by atoms with Crippen molar-refractivity contribution in [3.8, 4) is 0 Å². The fraction of sp³-hybridized carbons (Fsp3) is 0.429. The highest BCUT2D eigenvalue weighted by Gasteiger charge is 2.29. The van der Waals surface area contributed by atoms with Crippen molar-refractivity contribution in [2.45, 2.75) is 30.0 Å². The topological polar surface area (TPSA) is 50.9 Å². The maximum absolute atomic E-state index is 13.6. The Morgan fingerprint density at radius 2 is 2.15 bits per heavy atom. The molecular weight excluding hydrogens is 277 g/mol. The minimum absolute atomic E-state index is 0.324. The van der Waals surface area contributed by atoms with Crippen LogP contribution in [0.3, 0.4) is 0 Å². The zero-order valence-corrected chi connectivity index (χ0v) is 12.0. The van der Waals surface area contributed by atoms with Gasteiger partial charge in [0.05, 0.1) is 6.10 Å². The van der Waals surface area contributed by atoms with Crippen LogP contribution in [0.2, 0.25) is 0 Å². The molecule has 1 aliphatic rings. The summed E-state index contributed by atoms with van der Waals surface area (Å²) in [5, 5.41) is 19.1. The number of nitrogens with zero attached hydrogens (tertiary/aromatic N) is 3. The SMILES string of the molecule is Cn1c(SCC(O)c2ccccc2F)nnc1C1CC1. The molecule has 1 heterocycles. The number of rotatable bonds is 5. The van der Waals surface area contributed by atoms with Crippen LogP contribution in [0.15, 0.2) is 29.4 Å². The minimum atomic E-state index is -0.845. The van der Waals surface area contributed by atoms with E-state index in [1.807, 2.05) is 11.6 Å². The van der Waals surface area contributed by atoms with Gasteiger partial charge in [-0.15, -0.1) is 10.2 Å². The summed E-state index contributed by atoms with van der Waals surface area (Å²) in [5.41, 5.74) is 0.324. The molecule has 0 aliphatic heterocycles. The van der Waals surface area contributed by atoms with Crippen LogP contribution in [-0.4, -0.2) is 25.6 Å². The van der Waals surface area contributed by atoms with Gasteiger partial charge in [-0.3, -0.25) is 0 Å². The molecule has 0 radical (unpaired) electrons. The number of benzene rings is 1. The van der Waals surface area contributed by atoms with Crippen molar-refractivity contribution in [1.82, 2.24) is 14.8 Å². The van der Waals surface area contributed by atoms with Crippen LogP contribution in [0.5, 0.6) is 0 Å². The number of aliphatic hydroxyl groups excluding tert-OH is 1. The van der Waals surface area contributed by atoms with E-state index in [2.05, 4.69) is 10.2 Å². The fourth-order valence-corrected chi connectivity index (χ4v) is 3.01. The Kier molecular flexibility index (Phi) is 3.76. The van der Waals surface area contributed by atoms with Gasteiger partial charge >= 0.3 is 0 Å². The van der Waals surface area contributed by atoms with E-state index in [9.17, 15) is 9.50 Å². The fourth-order valence-electron chi connectivity index (χ4n) is 2.14. The van der Waals surface area contributed by atoms with E-state index in [1.165, 1.54) is 30.7 Å². The molecule has 1 saturated carbocycles. The maximum Gasteiger partial charge on any atom is 0.191 e. The molecule has 0 spiro atoms. The largest absolute Gasteiger partial charge is 0.387 e. The molecule has 4 nitrogen and oxygen atoms in total. The third kappa shape index (κ3) is 2.71. The van der Waals surface area contributed by atoms with E-state index in [-0.39, 0.29) is 5.82 Å². The summed E-state index contributed by atoms with van der Waals surface area (Å²) in [7, 11) is 1.94. The molecule has 1 fully saturated rings. The molecular formula is C14H16FN3OS. The third-order valence-corrected chi connectivity index (χ3v) is 4.54. The number of halogens is 1. The second-order valence-electron chi connectivity index (χ2n) is 5.02. The van der Waals surface area contributed by atoms with Gasteiger partial charge in [0.15, 0.2) is 5.16 Å². The molecule has 1 unspecified atom stereocenters. The number of aliphatic hydroxyl groups is 1. The lowest BCUT2D eigenvalue weighted by atomic mass is 10.1. The predicted molar refractivity (Wildman–Crippen MR) is 75.1 cm³/mol. The lowest BCUT2D eigenvalue weighted by Gasteiger charge is -2.11. The van der Waals surface area contributed by atoms with Crippen molar-refractivity contribution in [3.63, 3.8) is 0 Å². The third-order valence-electron chi connectivity index (χ3n) is 3.45. The predicted octanol–water partition coefficient (Wildman–Crippen LogP) is 2.66. The summed E-state index contributed by atoms with van der Waals surface area (Å²) in [6.45, 7) is 0. The molecule has 106 valence electrons. The first-order valence-electron chi connectivity index (χ1n) is 6.61. The van der Waals surface area contributed by atoms with Gasteiger partial charge in [-0.05, 0) is 18.9 Å². The molecule has 3 rings (SSSR count). The molecule has 1 aromatic heterocycles. The van der Waals surface area contributed by atoms with Crippen LogP contribution in [0, 0.1) is 5.82 Å². The second kappa shape index (κ2) is 5.54. The summed E-state index contributed by atoms with van der Waals surface area (Å²) < 4.78 is 15.5. The molecule has 0 saturated heterocycles. The highest BCUT2D eigenvalue weighted by atomic mass is 32.2. The van der Waals surface area contributed by atoms with Gasteiger partial charge in [-0.2, -0.15) is 0 Å². The highest BCUT2D eigenvalue weighted by Crippen LogP contribution is 2.39. The van der Waals surface area contributed by atoms with Gasteiger partial charge in [0.2, 0.25) is 0 Å². The highest BCUT2D eigenvalue weighted by molar-refractivity contribution is 7.99. The Bertz CT molecular complexity index is 612. The first-order chi connectivity index (χ1) is 9.66. The van der Waals surface area contributed by atoms with Crippen molar-refractivity contribution in [1.29, 1.82) is 0 Å². The molecule has 1 aromatic carbocycles. The van der Waals surface area contributed by atoms with E-state index in [0.29, 0.717) is 17.2 Å². The monoisotopic (exact) mass is 293 g/mol. The number of aromatic nitrogens is 3. The first-order valence-corrected chi connectivity index (χ1v) is 7.60. The zero-order chi connectivity index (χ0) is 14.1. The van der Waals surface area contributed by atoms with E-state index in [4.69, 9.17) is 0 Å². The molecule has 0 bridgehead atoms. The summed E-state index contributed by atoms with van der Waals surface area (Å²) in [6.07, 6.45) is 1.51. The molecule has 20 heavy (non-hydrogen) atoms. The quantitative estimate of drug-likeness (QED) is 0.861. The van der Waals surface area contributed by atoms with E-state index in [0.717, 1.165) is 11.0 Å². The zero-order valence-electron chi connectivity index (χ0n) is 11.2. The Balaban J connectivity index is 1.66. The molecule has 1 N–H and O–H groups in total. The molecule has 1 atom stereocenters. The molecule has 2 aromatic rings. The smallest absolute Gasteiger partial charge is 0.191 e. The van der Waals surface area contributed by atoms with Crippen LogP contribution in [0.4, 0.5) is 4.39 Å². The van der Waals surface area contributed by atoms with Crippen LogP contribution >= 0.6 is 11.8 Å². The average Bonchev–Trinajstić information content (AvgIpc) is 3.21. The van der Waals surface area contributed by atoms with E-state index < -0.39 is 6.10 Å². The summed E-state index contributed by atoms with van der Waals surface area (Å²) >= 11 is 1.40. The minimum Gasteiger partial charge on any atom is -0.387 e. The van der Waals surface area contributed by atoms with Crippen LogP contribution in [0.25, 0.3) is 0 Å². The van der Waals surface area contributed by atoms with Crippen LogP contribution in [0.1, 0.15) is 36.3 Å². The number of hydrogen-bond donors (Lipinski definition) is 1. The van der Waals surface area contributed by atoms with E-state index >= 15 is 0 Å². The second-order valence-corrected chi connectivity index (χ2v) is 6.01. The van der Waals surface area contributed by atoms with Crippen molar-refractivity contribution in [3.05, 3.63) is 41.5 Å². The van der Waals surface area contributed by atoms with Gasteiger partial charge in [0.1, 0.15) is 11.6 Å².